The minimum absolute atomic E-state index is 0.0596. The van der Waals surface area contributed by atoms with Crippen molar-refractivity contribution in [3.05, 3.63) is 109 Å². The summed E-state index contributed by atoms with van der Waals surface area (Å²) in [4.78, 5) is 0. The third-order valence-electron chi connectivity index (χ3n) is 11.7. The van der Waals surface area contributed by atoms with E-state index in [1.165, 1.54) is 4.40 Å². The minimum atomic E-state index is -6.32. The molecule has 0 bridgehead atoms. The van der Waals surface area contributed by atoms with Crippen LogP contribution in [0.3, 0.4) is 0 Å². The standard InChI is InChI=1S/C21H22Br2O2.C12H17N.C10H12.C4H3F6O.Mo/c1-25-21-17(23)11-13-7-3-5-9-15(13)19(21)18-14-8-4-2-6-12(14)10-16(22)20(18)24;1-8(2)10-6-5-7-11(9(3)4)12(10)13;1-10(2,3)9-7-5-4-6-8-9;1-2(11,3(5,6)7)4(8,9)10;/h10-11,24H,2-9H2,1H3;5-9H,1-4H3;1,4-8H,2-3H3;1H3;/q;;;-1;+2/p-1. The van der Waals surface area contributed by atoms with Crippen molar-refractivity contribution in [1.82, 2.24) is 0 Å². The number of hydrogen-bond acceptors (Lipinski definition) is 4. The summed E-state index contributed by atoms with van der Waals surface area (Å²) in [7, 11) is 1.56. The quantitative estimate of drug-likeness (QED) is 0.111. The average molecular weight is 1050 g/mol. The number of rotatable bonds is 11. The van der Waals surface area contributed by atoms with Gasteiger partial charge >= 0.3 is 373 Å². The van der Waals surface area contributed by atoms with E-state index in [1.807, 2.05) is 58.0 Å². The van der Waals surface area contributed by atoms with Gasteiger partial charge in [0.25, 0.3) is 0 Å². The summed E-state index contributed by atoms with van der Waals surface area (Å²) in [6, 6.07) is 18.4. The van der Waals surface area contributed by atoms with Crippen LogP contribution in [0.2, 0.25) is 0 Å². The zero-order valence-electron chi connectivity index (χ0n) is 35.3. The van der Waals surface area contributed by atoms with Gasteiger partial charge in [-0.2, -0.15) is 0 Å². The molecule has 0 fully saturated rings. The summed E-state index contributed by atoms with van der Waals surface area (Å²) in [5.41, 5.74) is 1.70. The van der Waals surface area contributed by atoms with Crippen LogP contribution >= 0.6 is 31.9 Å². The van der Waals surface area contributed by atoms with E-state index in [9.17, 15) is 0 Å². The van der Waals surface area contributed by atoms with E-state index in [0.717, 1.165) is 66.3 Å². The van der Waals surface area contributed by atoms with E-state index in [2.05, 4.69) is 31.9 Å². The SMILES string of the molecule is COc1c(Br)cc2c(c1-c1c3c(cc(Br)c1[O][Mo](=[CH]C(C)(C)c1ccccc1)(=[N]c1c(C(C)C)cccc1C(C)C)[O]C(C)(C(F)(F)F)C(F)(F)F)CCCC3)CCCC2. The second-order valence-corrected chi connectivity index (χ2v) is 23.2. The van der Waals surface area contributed by atoms with Crippen molar-refractivity contribution in [3.63, 3.8) is 0 Å². The molecule has 0 aliphatic heterocycles. The van der Waals surface area contributed by atoms with Crippen LogP contribution in [0, 0.1) is 0 Å². The normalized spacial score (nSPS) is 16.0. The molecule has 326 valence electrons. The fourth-order valence-corrected chi connectivity index (χ4v) is 16.4. The first-order chi connectivity index (χ1) is 28.0. The summed E-state index contributed by atoms with van der Waals surface area (Å²) in [5.74, 6) is 0.194. The number of ether oxygens (including phenoxy) is 1. The Bertz CT molecular complexity index is 2320. The first-order valence-corrected chi connectivity index (χ1v) is 25.7. The topological polar surface area (TPSA) is 40.0 Å². The number of nitrogens with zero attached hydrogens (tertiary/aromatic N) is 1. The molecule has 2 aliphatic carbocycles. The van der Waals surface area contributed by atoms with E-state index >= 15 is 26.3 Å². The van der Waals surface area contributed by atoms with Crippen LogP contribution in [-0.4, -0.2) is 29.5 Å². The molecule has 0 aromatic heterocycles. The molecule has 0 heterocycles. The van der Waals surface area contributed by atoms with Gasteiger partial charge in [0.15, 0.2) is 0 Å². The van der Waals surface area contributed by atoms with Gasteiger partial charge in [-0.25, -0.2) is 0 Å². The van der Waals surface area contributed by atoms with Crippen LogP contribution in [0.1, 0.15) is 125 Å². The van der Waals surface area contributed by atoms with Crippen molar-refractivity contribution >= 4 is 41.9 Å². The number of halogens is 8. The molecule has 0 amide bonds. The van der Waals surface area contributed by atoms with Crippen molar-refractivity contribution in [1.29, 1.82) is 0 Å². The summed E-state index contributed by atoms with van der Waals surface area (Å²) in [6.07, 6.45) is -5.33. The van der Waals surface area contributed by atoms with Gasteiger partial charge in [-0.05, 0) is 0 Å². The predicted molar refractivity (Wildman–Crippen MR) is 232 cm³/mol. The summed E-state index contributed by atoms with van der Waals surface area (Å²) in [6.45, 7) is 11.2. The van der Waals surface area contributed by atoms with Crippen molar-refractivity contribution in [2.24, 2.45) is 3.50 Å². The molecule has 6 rings (SSSR count). The van der Waals surface area contributed by atoms with Crippen molar-refractivity contribution in [3.8, 4) is 22.6 Å². The van der Waals surface area contributed by atoms with Crippen molar-refractivity contribution < 1.29 is 54.0 Å². The van der Waals surface area contributed by atoms with Crippen molar-refractivity contribution in [2.75, 3.05) is 7.11 Å². The molecule has 0 saturated heterocycles. The van der Waals surface area contributed by atoms with Crippen LogP contribution in [-0.2, 0) is 50.7 Å². The molecule has 0 saturated carbocycles. The van der Waals surface area contributed by atoms with Gasteiger partial charge in [-0.15, -0.1) is 0 Å². The zero-order valence-corrected chi connectivity index (χ0v) is 40.4. The third kappa shape index (κ3) is 9.19. The predicted octanol–water partition coefficient (Wildman–Crippen LogP) is 15.4. The van der Waals surface area contributed by atoms with Gasteiger partial charge in [-0.3, -0.25) is 0 Å². The number of methoxy groups -OCH3 is 1. The molecule has 13 heteroatoms. The molecule has 2 aliphatic rings. The van der Waals surface area contributed by atoms with E-state index in [0.29, 0.717) is 49.8 Å². The van der Waals surface area contributed by atoms with Crippen molar-refractivity contribution in [2.45, 2.75) is 135 Å². The molecule has 0 N–H and O–H groups in total. The Balaban J connectivity index is 1.88. The summed E-state index contributed by atoms with van der Waals surface area (Å²) in [5, 5.41) is 0. The number of hydrogen-bond donors (Lipinski definition) is 0. The second kappa shape index (κ2) is 17.8. The van der Waals surface area contributed by atoms with Crippen LogP contribution in [0.5, 0.6) is 11.5 Å². The third-order valence-corrected chi connectivity index (χ3v) is 18.5. The molecule has 4 nitrogen and oxygen atoms in total. The zero-order chi connectivity index (χ0) is 44.0. The Morgan fingerprint density at radius 3 is 1.60 bits per heavy atom. The van der Waals surface area contributed by atoms with Crippen LogP contribution in [0.25, 0.3) is 11.1 Å². The first kappa shape index (κ1) is 46.8. The van der Waals surface area contributed by atoms with Crippen LogP contribution in [0.4, 0.5) is 32.0 Å². The van der Waals surface area contributed by atoms with Crippen LogP contribution < -0.4 is 8.13 Å². The Hall–Kier alpha value is -2.66. The Morgan fingerprint density at radius 2 is 1.13 bits per heavy atom. The molecular weight excluding hydrogens is 996 g/mol. The van der Waals surface area contributed by atoms with Crippen LogP contribution in [0.15, 0.2) is 73.1 Å². The number of alkyl halides is 6. The van der Waals surface area contributed by atoms with E-state index in [4.69, 9.17) is 15.0 Å². The Labute approximate surface area is 370 Å². The van der Waals surface area contributed by atoms with Gasteiger partial charge in [0, 0.05) is 0 Å². The van der Waals surface area contributed by atoms with Gasteiger partial charge in [0.2, 0.25) is 0 Å². The maximum absolute atomic E-state index is 15.4. The Morgan fingerprint density at radius 1 is 0.667 bits per heavy atom. The van der Waals surface area contributed by atoms with Gasteiger partial charge in [0.1, 0.15) is 0 Å². The maximum atomic E-state index is 15.4. The summed E-state index contributed by atoms with van der Waals surface area (Å²) >= 11 is 1.22. The van der Waals surface area contributed by atoms with E-state index in [1.54, 1.807) is 51.3 Å². The number of aryl methyl sites for hydroxylation is 2. The first-order valence-electron chi connectivity index (χ1n) is 20.4. The molecule has 1 unspecified atom stereocenters. The molecule has 4 aromatic carbocycles. The van der Waals surface area contributed by atoms with E-state index < -0.39 is 39.5 Å². The molecule has 60 heavy (non-hydrogen) atoms. The molecule has 0 spiro atoms. The molecule has 4 aromatic rings. The second-order valence-electron chi connectivity index (χ2n) is 17.1. The number of benzene rings is 4. The summed E-state index contributed by atoms with van der Waals surface area (Å²) < 4.78 is 120. The van der Waals surface area contributed by atoms with Gasteiger partial charge in [-0.1, -0.05) is 0 Å². The fraction of sp³-hybridized carbons (Fsp3) is 0.468. The van der Waals surface area contributed by atoms with Gasteiger partial charge in [0.05, 0.1) is 0 Å². The Kier molecular flexibility index (Phi) is 13.9. The average Bonchev–Trinajstić information content (AvgIpc) is 3.17. The molecule has 1 atom stereocenters. The molecular formula is C47H53Br2F6MoNO3. The molecule has 0 radical (unpaired) electrons. The monoisotopic (exact) mass is 1050 g/mol. The fourth-order valence-electron chi connectivity index (χ4n) is 8.30. The number of fused-ring (bicyclic) bond motifs is 2. The van der Waals surface area contributed by atoms with E-state index in [-0.39, 0.29) is 30.2 Å². The van der Waals surface area contributed by atoms with Gasteiger partial charge < -0.3 is 0 Å².